The number of carbonyl (C=O) groups excluding carboxylic acids is 1. The van der Waals surface area contributed by atoms with E-state index in [1.54, 1.807) is 35.8 Å². The number of carbonyl (C=O) groups is 1. The van der Waals surface area contributed by atoms with Gasteiger partial charge in [-0.15, -0.1) is 10.2 Å². The summed E-state index contributed by atoms with van der Waals surface area (Å²) in [4.78, 5) is 23.1. The number of benzene rings is 2. The third-order valence-corrected chi connectivity index (χ3v) is 5.76. The van der Waals surface area contributed by atoms with E-state index in [4.69, 9.17) is 16.0 Å². The highest BCUT2D eigenvalue weighted by atomic mass is 35.5. The van der Waals surface area contributed by atoms with Gasteiger partial charge >= 0.3 is 0 Å². The molecule has 1 amide bonds. The van der Waals surface area contributed by atoms with Crippen LogP contribution in [-0.2, 0) is 4.79 Å². The average molecular weight is 470 g/mol. The highest BCUT2D eigenvalue weighted by Gasteiger charge is 2.20. The van der Waals surface area contributed by atoms with Crippen LogP contribution in [0.1, 0.15) is 5.56 Å². The summed E-state index contributed by atoms with van der Waals surface area (Å²) >= 11 is 7.55. The number of aromatic nitrogens is 3. The molecule has 9 nitrogen and oxygen atoms in total. The molecule has 2 heterocycles. The van der Waals surface area contributed by atoms with E-state index in [0.29, 0.717) is 38.7 Å². The molecule has 0 bridgehead atoms. The fourth-order valence-electron chi connectivity index (χ4n) is 2.95. The Morgan fingerprint density at radius 3 is 2.75 bits per heavy atom. The number of amides is 1. The number of nitrogens with one attached hydrogen (secondary N) is 1. The minimum atomic E-state index is -0.508. The smallest absolute Gasteiger partial charge is 0.271 e. The number of non-ortho nitro benzene ring substituents is 1. The topological polar surface area (TPSA) is 116 Å². The molecule has 0 aliphatic carbocycles. The Morgan fingerprint density at radius 1 is 1.22 bits per heavy atom. The summed E-state index contributed by atoms with van der Waals surface area (Å²) < 4.78 is 7.19. The van der Waals surface area contributed by atoms with Crippen molar-refractivity contribution in [2.45, 2.75) is 12.1 Å². The molecular weight excluding hydrogens is 454 g/mol. The number of nitro groups is 1. The van der Waals surface area contributed by atoms with Gasteiger partial charge in [-0.3, -0.25) is 19.5 Å². The number of rotatable bonds is 7. The van der Waals surface area contributed by atoms with Gasteiger partial charge < -0.3 is 9.73 Å². The molecule has 0 saturated carbocycles. The maximum absolute atomic E-state index is 12.6. The number of halogens is 1. The van der Waals surface area contributed by atoms with Crippen LogP contribution in [0.25, 0.3) is 17.3 Å². The monoisotopic (exact) mass is 469 g/mol. The lowest BCUT2D eigenvalue weighted by Crippen LogP contribution is -2.15. The van der Waals surface area contributed by atoms with Crippen LogP contribution >= 0.6 is 23.4 Å². The Labute approximate surface area is 191 Å². The lowest BCUT2D eigenvalue weighted by atomic mass is 10.2. The summed E-state index contributed by atoms with van der Waals surface area (Å²) in [6.45, 7) is 1.76. The van der Waals surface area contributed by atoms with Crippen LogP contribution < -0.4 is 5.32 Å². The number of hydrogen-bond acceptors (Lipinski definition) is 7. The molecule has 1 N–H and O–H groups in total. The maximum Gasteiger partial charge on any atom is 0.271 e. The summed E-state index contributed by atoms with van der Waals surface area (Å²) in [6, 6.07) is 15.0. The summed E-state index contributed by atoms with van der Waals surface area (Å²) in [7, 11) is 0. The molecule has 4 rings (SSSR count). The molecule has 0 aliphatic rings. The molecule has 2 aromatic heterocycles. The molecule has 32 heavy (non-hydrogen) atoms. The van der Waals surface area contributed by atoms with Gasteiger partial charge in [0.2, 0.25) is 11.7 Å². The van der Waals surface area contributed by atoms with Crippen LogP contribution in [-0.4, -0.2) is 31.3 Å². The molecule has 0 radical (unpaired) electrons. The quantitative estimate of drug-likeness (QED) is 0.226. The van der Waals surface area contributed by atoms with E-state index in [1.807, 2.05) is 18.2 Å². The van der Waals surface area contributed by atoms with E-state index in [2.05, 4.69) is 15.5 Å². The number of para-hydroxylation sites is 1. The van der Waals surface area contributed by atoms with E-state index in [0.717, 1.165) is 11.8 Å². The Bertz CT molecular complexity index is 1290. The van der Waals surface area contributed by atoms with Gasteiger partial charge in [0.05, 0.1) is 33.3 Å². The number of hydrogen-bond donors (Lipinski definition) is 1. The highest BCUT2D eigenvalue weighted by molar-refractivity contribution is 7.99. The van der Waals surface area contributed by atoms with Gasteiger partial charge in [-0.2, -0.15) is 0 Å². The summed E-state index contributed by atoms with van der Waals surface area (Å²) in [5, 5.41) is 23.1. The van der Waals surface area contributed by atoms with Crippen molar-refractivity contribution in [2.75, 3.05) is 11.1 Å². The average Bonchev–Trinajstić information content (AvgIpc) is 3.44. The zero-order chi connectivity index (χ0) is 22.7. The molecular formula is C21H16ClN5O4S. The zero-order valence-corrected chi connectivity index (χ0v) is 18.3. The Morgan fingerprint density at radius 2 is 2.03 bits per heavy atom. The number of nitro benzene ring substituents is 1. The van der Waals surface area contributed by atoms with E-state index in [9.17, 15) is 14.9 Å². The third kappa shape index (κ3) is 4.51. The molecule has 0 saturated heterocycles. The minimum Gasteiger partial charge on any atom is -0.461 e. The fourth-order valence-corrected chi connectivity index (χ4v) is 3.92. The van der Waals surface area contributed by atoms with Gasteiger partial charge in [-0.1, -0.05) is 41.6 Å². The molecule has 0 spiro atoms. The van der Waals surface area contributed by atoms with Crippen molar-refractivity contribution in [1.29, 1.82) is 0 Å². The highest BCUT2D eigenvalue weighted by Crippen LogP contribution is 2.31. The lowest BCUT2D eigenvalue weighted by Gasteiger charge is -2.11. The van der Waals surface area contributed by atoms with Gasteiger partial charge in [0, 0.05) is 12.1 Å². The number of nitrogens with zero attached hydrogens (tertiary/aromatic N) is 4. The van der Waals surface area contributed by atoms with E-state index < -0.39 is 4.92 Å². The Hall–Kier alpha value is -3.63. The van der Waals surface area contributed by atoms with Gasteiger partial charge in [-0.05, 0) is 36.8 Å². The zero-order valence-electron chi connectivity index (χ0n) is 16.7. The van der Waals surface area contributed by atoms with Crippen LogP contribution in [0.2, 0.25) is 5.02 Å². The second-order valence-corrected chi connectivity index (χ2v) is 8.01. The van der Waals surface area contributed by atoms with Gasteiger partial charge in [0.1, 0.15) is 0 Å². The predicted molar refractivity (Wildman–Crippen MR) is 121 cm³/mol. The second-order valence-electron chi connectivity index (χ2n) is 6.66. The first-order chi connectivity index (χ1) is 15.4. The van der Waals surface area contributed by atoms with E-state index in [1.165, 1.54) is 18.4 Å². The number of thioether (sulfide) groups is 1. The molecule has 0 fully saturated rings. The first-order valence-electron chi connectivity index (χ1n) is 9.36. The summed E-state index contributed by atoms with van der Waals surface area (Å²) in [5.41, 5.74) is 1.64. The molecule has 11 heteroatoms. The van der Waals surface area contributed by atoms with Crippen molar-refractivity contribution in [3.8, 4) is 17.3 Å². The maximum atomic E-state index is 12.6. The standard InChI is InChI=1S/C21H16ClN5O4S/c1-13-8-9-14(27(29)30)11-16(13)23-19(28)12-32-21-25-24-20(18-7-4-10-31-18)26(21)17-6-3-2-5-15(17)22/h2-11H,12H2,1H3,(H,23,28). The normalized spacial score (nSPS) is 10.8. The van der Waals surface area contributed by atoms with Gasteiger partial charge in [-0.25, -0.2) is 0 Å². The van der Waals surface area contributed by atoms with Crippen LogP contribution in [0, 0.1) is 17.0 Å². The molecule has 0 unspecified atom stereocenters. The lowest BCUT2D eigenvalue weighted by molar-refractivity contribution is -0.384. The molecule has 0 aliphatic heterocycles. The minimum absolute atomic E-state index is 0.00285. The molecule has 162 valence electrons. The molecule has 0 atom stereocenters. The summed E-state index contributed by atoms with van der Waals surface area (Å²) in [5.74, 6) is 0.608. The third-order valence-electron chi connectivity index (χ3n) is 4.51. The summed E-state index contributed by atoms with van der Waals surface area (Å²) in [6.07, 6.45) is 1.53. The second kappa shape index (κ2) is 9.25. The van der Waals surface area contributed by atoms with Crippen molar-refractivity contribution in [1.82, 2.24) is 14.8 Å². The Balaban J connectivity index is 1.58. The number of aryl methyl sites for hydroxylation is 1. The molecule has 2 aromatic carbocycles. The Kier molecular flexibility index (Phi) is 6.24. The van der Waals surface area contributed by atoms with Crippen LogP contribution in [0.15, 0.2) is 70.4 Å². The first kappa shape index (κ1) is 21.6. The van der Waals surface area contributed by atoms with Crippen LogP contribution in [0.5, 0.6) is 0 Å². The van der Waals surface area contributed by atoms with Crippen molar-refractivity contribution in [2.24, 2.45) is 0 Å². The number of furan rings is 1. The van der Waals surface area contributed by atoms with Crippen LogP contribution in [0.4, 0.5) is 11.4 Å². The SMILES string of the molecule is Cc1ccc([N+](=O)[O-])cc1NC(=O)CSc1nnc(-c2ccco2)n1-c1ccccc1Cl. The van der Waals surface area contributed by atoms with Gasteiger partial charge in [0.25, 0.3) is 5.69 Å². The van der Waals surface area contributed by atoms with Crippen molar-refractivity contribution in [3.05, 3.63) is 81.6 Å². The van der Waals surface area contributed by atoms with E-state index in [-0.39, 0.29) is 17.3 Å². The molecule has 4 aromatic rings. The van der Waals surface area contributed by atoms with Crippen molar-refractivity contribution in [3.63, 3.8) is 0 Å². The van der Waals surface area contributed by atoms with E-state index >= 15 is 0 Å². The number of anilines is 1. The fraction of sp³-hybridized carbons (Fsp3) is 0.0952. The van der Waals surface area contributed by atoms with Crippen LogP contribution in [0.3, 0.4) is 0 Å². The largest absolute Gasteiger partial charge is 0.461 e. The van der Waals surface area contributed by atoms with Crippen molar-refractivity contribution >= 4 is 40.6 Å². The van der Waals surface area contributed by atoms with Crippen molar-refractivity contribution < 1.29 is 14.1 Å². The predicted octanol–water partition coefficient (Wildman–Crippen LogP) is 5.13. The first-order valence-corrected chi connectivity index (χ1v) is 10.7. The van der Waals surface area contributed by atoms with Gasteiger partial charge in [0.15, 0.2) is 10.9 Å².